The van der Waals surface area contributed by atoms with E-state index in [0.717, 1.165) is 35.5 Å². The number of amides is 2. The maximum Gasteiger partial charge on any atom is 0.234 e. The van der Waals surface area contributed by atoms with Crippen molar-refractivity contribution in [3.05, 3.63) is 59.7 Å². The first-order valence-corrected chi connectivity index (χ1v) is 11.0. The molecule has 2 aromatic rings. The molecule has 0 bridgehead atoms. The van der Waals surface area contributed by atoms with Crippen LogP contribution in [0.5, 0.6) is 0 Å². The molecule has 1 atom stereocenters. The zero-order chi connectivity index (χ0) is 20.4. The average Bonchev–Trinajstić information content (AvgIpc) is 2.67. The van der Waals surface area contributed by atoms with Crippen molar-refractivity contribution >= 4 is 35.0 Å². The van der Waals surface area contributed by atoms with E-state index in [1.54, 1.807) is 11.8 Å². The summed E-state index contributed by atoms with van der Waals surface area (Å²) in [5.41, 5.74) is 4.03. The lowest BCUT2D eigenvalue weighted by atomic mass is 9.97. The Balaban J connectivity index is 1.67. The topological polar surface area (TPSA) is 58.2 Å². The van der Waals surface area contributed by atoms with Crippen LogP contribution in [0.3, 0.4) is 0 Å². The summed E-state index contributed by atoms with van der Waals surface area (Å²) in [7, 11) is 0. The van der Waals surface area contributed by atoms with Gasteiger partial charge in [0.2, 0.25) is 11.8 Å². The number of carbonyl (C=O) groups excluding carboxylic acids is 2. The van der Waals surface area contributed by atoms with Crippen LogP contribution in [0.1, 0.15) is 50.2 Å². The average molecular weight is 399 g/mol. The zero-order valence-electron chi connectivity index (χ0n) is 17.0. The molecule has 5 heteroatoms. The second-order valence-electron chi connectivity index (χ2n) is 7.02. The highest BCUT2D eigenvalue weighted by Gasteiger charge is 2.11. The number of anilines is 2. The van der Waals surface area contributed by atoms with Gasteiger partial charge in [-0.3, -0.25) is 9.59 Å². The van der Waals surface area contributed by atoms with Crippen LogP contribution in [0, 0.1) is 6.92 Å². The normalized spacial score (nSPS) is 11.7. The molecule has 0 aromatic heterocycles. The fourth-order valence-corrected chi connectivity index (χ4v) is 3.64. The fraction of sp³-hybridized carbons (Fsp3) is 0.391. The van der Waals surface area contributed by atoms with Crippen molar-refractivity contribution in [1.82, 2.24) is 0 Å². The second kappa shape index (κ2) is 11.5. The first kappa shape index (κ1) is 22.0. The number of hydrogen-bond acceptors (Lipinski definition) is 3. The smallest absolute Gasteiger partial charge is 0.234 e. The number of aryl methyl sites for hydroxylation is 1. The predicted molar refractivity (Wildman–Crippen MR) is 120 cm³/mol. The molecule has 0 radical (unpaired) electrons. The highest BCUT2D eigenvalue weighted by Crippen LogP contribution is 2.26. The Morgan fingerprint density at radius 3 is 2.57 bits per heavy atom. The summed E-state index contributed by atoms with van der Waals surface area (Å²) in [6.45, 7) is 6.31. The van der Waals surface area contributed by atoms with Gasteiger partial charge >= 0.3 is 0 Å². The van der Waals surface area contributed by atoms with Crippen LogP contribution in [0.4, 0.5) is 11.4 Å². The van der Waals surface area contributed by atoms with Crippen LogP contribution < -0.4 is 10.6 Å². The fourth-order valence-electron chi connectivity index (χ4n) is 2.89. The molecule has 2 amide bonds. The Morgan fingerprint density at radius 2 is 1.82 bits per heavy atom. The molecule has 0 saturated carbocycles. The lowest BCUT2D eigenvalue weighted by Crippen LogP contribution is -2.16. The predicted octanol–water partition coefficient (Wildman–Crippen LogP) is 5.60. The monoisotopic (exact) mass is 398 g/mol. The molecule has 0 saturated heterocycles. The van der Waals surface area contributed by atoms with Gasteiger partial charge in [0, 0.05) is 17.8 Å². The van der Waals surface area contributed by atoms with Crippen molar-refractivity contribution in [2.75, 3.05) is 22.1 Å². The van der Waals surface area contributed by atoms with E-state index in [0.29, 0.717) is 18.1 Å². The quantitative estimate of drug-likeness (QED) is 0.512. The summed E-state index contributed by atoms with van der Waals surface area (Å²) in [5.74, 6) is 1.61. The van der Waals surface area contributed by atoms with Gasteiger partial charge in [0.25, 0.3) is 0 Å². The van der Waals surface area contributed by atoms with Crippen molar-refractivity contribution in [2.45, 2.75) is 46.0 Å². The lowest BCUT2D eigenvalue weighted by molar-refractivity contribution is -0.116. The van der Waals surface area contributed by atoms with Crippen molar-refractivity contribution in [2.24, 2.45) is 0 Å². The van der Waals surface area contributed by atoms with E-state index in [2.05, 4.69) is 30.5 Å². The van der Waals surface area contributed by atoms with E-state index in [9.17, 15) is 9.59 Å². The third-order valence-electron chi connectivity index (χ3n) is 4.61. The number of carbonyl (C=O) groups is 2. The first-order valence-electron chi connectivity index (χ1n) is 9.82. The summed E-state index contributed by atoms with van der Waals surface area (Å²) >= 11 is 1.56. The van der Waals surface area contributed by atoms with Gasteiger partial charge in [-0.1, -0.05) is 44.2 Å². The third-order valence-corrected chi connectivity index (χ3v) is 5.65. The Kier molecular flexibility index (Phi) is 9.08. The summed E-state index contributed by atoms with van der Waals surface area (Å²) < 4.78 is 0. The molecule has 2 N–H and O–H groups in total. The molecular weight excluding hydrogens is 368 g/mol. The minimum atomic E-state index is 0.00460. The van der Waals surface area contributed by atoms with Gasteiger partial charge in [0.1, 0.15) is 0 Å². The van der Waals surface area contributed by atoms with Crippen LogP contribution in [-0.2, 0) is 9.59 Å². The highest BCUT2D eigenvalue weighted by molar-refractivity contribution is 7.99. The van der Waals surface area contributed by atoms with Crippen molar-refractivity contribution in [3.63, 3.8) is 0 Å². The van der Waals surface area contributed by atoms with Gasteiger partial charge in [0.05, 0.1) is 5.75 Å². The molecule has 0 spiro atoms. The number of rotatable bonds is 10. The molecule has 0 aliphatic carbocycles. The van der Waals surface area contributed by atoms with Crippen molar-refractivity contribution < 1.29 is 9.59 Å². The van der Waals surface area contributed by atoms with Crippen LogP contribution in [0.15, 0.2) is 48.5 Å². The molecule has 28 heavy (non-hydrogen) atoms. The number of hydrogen-bond donors (Lipinski definition) is 2. The molecule has 4 nitrogen and oxygen atoms in total. The summed E-state index contributed by atoms with van der Waals surface area (Å²) in [5, 5.41) is 5.93. The van der Waals surface area contributed by atoms with Gasteiger partial charge in [-0.25, -0.2) is 0 Å². The largest absolute Gasteiger partial charge is 0.326 e. The minimum Gasteiger partial charge on any atom is -0.326 e. The van der Waals surface area contributed by atoms with E-state index < -0.39 is 0 Å². The van der Waals surface area contributed by atoms with Crippen LogP contribution in [-0.4, -0.2) is 23.3 Å². The summed E-state index contributed by atoms with van der Waals surface area (Å²) in [4.78, 5) is 24.2. The summed E-state index contributed by atoms with van der Waals surface area (Å²) in [6.07, 6.45) is 2.24. The highest BCUT2D eigenvalue weighted by atomic mass is 32.2. The van der Waals surface area contributed by atoms with E-state index in [1.807, 2.05) is 49.4 Å². The van der Waals surface area contributed by atoms with Gasteiger partial charge in [-0.05, 0) is 60.8 Å². The minimum absolute atomic E-state index is 0.00460. The second-order valence-corrected chi connectivity index (χ2v) is 8.12. The number of para-hydroxylation sites is 1. The standard InChI is InChI=1S/C23H30N2O2S/c1-4-18(3)20-11-5-6-12-21(20)25-23(27)16-28-14-8-13-22(26)24-19-10-7-9-17(2)15-19/h5-7,9-12,15,18H,4,8,13-14,16H2,1-3H3,(H,24,26)(H,25,27)/t18-/m0/s1. The first-order chi connectivity index (χ1) is 13.5. The molecule has 0 fully saturated rings. The molecule has 0 aliphatic rings. The van der Waals surface area contributed by atoms with Crippen LogP contribution in [0.25, 0.3) is 0 Å². The molecule has 2 rings (SSSR count). The SMILES string of the molecule is CC[C@H](C)c1ccccc1NC(=O)CSCCCC(=O)Nc1cccc(C)c1. The Morgan fingerprint density at radius 1 is 1.04 bits per heavy atom. The Bertz CT molecular complexity index is 792. The van der Waals surface area contributed by atoms with Gasteiger partial charge in [0.15, 0.2) is 0 Å². The van der Waals surface area contributed by atoms with E-state index >= 15 is 0 Å². The molecular formula is C23H30N2O2S. The van der Waals surface area contributed by atoms with Gasteiger partial charge < -0.3 is 10.6 Å². The molecule has 2 aromatic carbocycles. The van der Waals surface area contributed by atoms with E-state index in [-0.39, 0.29) is 11.8 Å². The third kappa shape index (κ3) is 7.39. The molecule has 0 unspecified atom stereocenters. The van der Waals surface area contributed by atoms with Gasteiger partial charge in [-0.15, -0.1) is 0 Å². The molecule has 150 valence electrons. The van der Waals surface area contributed by atoms with Crippen LogP contribution >= 0.6 is 11.8 Å². The Labute approximate surface area is 172 Å². The number of thioether (sulfide) groups is 1. The summed E-state index contributed by atoms with van der Waals surface area (Å²) in [6, 6.07) is 15.8. The maximum absolute atomic E-state index is 12.2. The van der Waals surface area contributed by atoms with Crippen molar-refractivity contribution in [3.8, 4) is 0 Å². The van der Waals surface area contributed by atoms with Crippen molar-refractivity contribution in [1.29, 1.82) is 0 Å². The maximum atomic E-state index is 12.2. The van der Waals surface area contributed by atoms with Gasteiger partial charge in [-0.2, -0.15) is 11.8 Å². The lowest BCUT2D eigenvalue weighted by Gasteiger charge is -2.15. The molecule has 0 aliphatic heterocycles. The number of benzene rings is 2. The van der Waals surface area contributed by atoms with E-state index in [4.69, 9.17) is 0 Å². The van der Waals surface area contributed by atoms with E-state index in [1.165, 1.54) is 5.56 Å². The molecule has 0 heterocycles. The van der Waals surface area contributed by atoms with Crippen LogP contribution in [0.2, 0.25) is 0 Å². The Hall–Kier alpha value is -2.27. The zero-order valence-corrected chi connectivity index (χ0v) is 17.8. The number of nitrogens with one attached hydrogen (secondary N) is 2.